The minimum absolute atomic E-state index is 0.0281. The van der Waals surface area contributed by atoms with E-state index in [1.54, 1.807) is 0 Å². The molecule has 0 saturated heterocycles. The van der Waals surface area contributed by atoms with Gasteiger partial charge in [0.25, 0.3) is 0 Å². The van der Waals surface area contributed by atoms with E-state index >= 15 is 0 Å². The van der Waals surface area contributed by atoms with Crippen molar-refractivity contribution in [1.82, 2.24) is 0 Å². The SMILES string of the molecule is COc1cc(C=O)c(OS(=O)(=O)CC2CCCCC2)cc1OC. The fraction of sp³-hybridized carbons (Fsp3) is 0.562. The van der Waals surface area contributed by atoms with Crippen LogP contribution in [0, 0.1) is 5.92 Å². The van der Waals surface area contributed by atoms with Crippen LogP contribution < -0.4 is 13.7 Å². The molecule has 7 heteroatoms. The standard InChI is InChI=1S/C16H22O6S/c1-20-15-8-13(10-17)14(9-16(15)21-2)22-23(18,19)11-12-6-4-3-5-7-12/h8-10,12H,3-7,11H2,1-2H3. The average molecular weight is 342 g/mol. The lowest BCUT2D eigenvalue weighted by molar-refractivity contribution is 0.112. The zero-order chi connectivity index (χ0) is 16.9. The van der Waals surface area contributed by atoms with Gasteiger partial charge in [-0.15, -0.1) is 0 Å². The normalized spacial score (nSPS) is 15.9. The van der Waals surface area contributed by atoms with Crippen molar-refractivity contribution in [2.45, 2.75) is 32.1 Å². The van der Waals surface area contributed by atoms with Gasteiger partial charge in [0.2, 0.25) is 0 Å². The number of carbonyl (C=O) groups excluding carboxylic acids is 1. The van der Waals surface area contributed by atoms with Crippen molar-refractivity contribution in [3.63, 3.8) is 0 Å². The van der Waals surface area contributed by atoms with Crippen LogP contribution in [0.5, 0.6) is 17.2 Å². The number of hydrogen-bond donors (Lipinski definition) is 0. The number of rotatable bonds is 7. The molecule has 0 aliphatic heterocycles. The molecule has 1 aromatic rings. The number of methoxy groups -OCH3 is 2. The van der Waals surface area contributed by atoms with Gasteiger partial charge in [-0.3, -0.25) is 4.79 Å². The Morgan fingerprint density at radius 1 is 1.04 bits per heavy atom. The van der Waals surface area contributed by atoms with Crippen LogP contribution in [0.2, 0.25) is 0 Å². The van der Waals surface area contributed by atoms with Crippen LogP contribution in [0.4, 0.5) is 0 Å². The van der Waals surface area contributed by atoms with E-state index in [0.717, 1.165) is 32.1 Å². The molecule has 0 amide bonds. The largest absolute Gasteiger partial charge is 0.493 e. The van der Waals surface area contributed by atoms with Crippen LogP contribution in [0.3, 0.4) is 0 Å². The maximum Gasteiger partial charge on any atom is 0.309 e. The Hall–Kier alpha value is -1.76. The van der Waals surface area contributed by atoms with Crippen molar-refractivity contribution < 1.29 is 26.9 Å². The Bertz CT molecular complexity index is 647. The molecule has 0 bridgehead atoms. The van der Waals surface area contributed by atoms with Crippen molar-refractivity contribution in [1.29, 1.82) is 0 Å². The zero-order valence-corrected chi connectivity index (χ0v) is 14.2. The van der Waals surface area contributed by atoms with Gasteiger partial charge in [-0.2, -0.15) is 8.42 Å². The van der Waals surface area contributed by atoms with Crippen LogP contribution >= 0.6 is 0 Å². The average Bonchev–Trinajstić information content (AvgIpc) is 2.54. The molecular weight excluding hydrogens is 320 g/mol. The molecule has 1 fully saturated rings. The molecule has 1 aliphatic rings. The topological polar surface area (TPSA) is 78.9 Å². The summed E-state index contributed by atoms with van der Waals surface area (Å²) in [6.07, 6.45) is 5.59. The second-order valence-electron chi connectivity index (χ2n) is 5.67. The highest BCUT2D eigenvalue weighted by Crippen LogP contribution is 2.35. The maximum absolute atomic E-state index is 12.3. The molecule has 128 valence electrons. The molecule has 0 radical (unpaired) electrons. The second kappa shape index (κ2) is 7.68. The number of benzene rings is 1. The smallest absolute Gasteiger partial charge is 0.309 e. The first kappa shape index (κ1) is 17.6. The zero-order valence-electron chi connectivity index (χ0n) is 13.4. The molecular formula is C16H22O6S. The van der Waals surface area contributed by atoms with Gasteiger partial charge < -0.3 is 13.7 Å². The summed E-state index contributed by atoms with van der Waals surface area (Å²) in [6, 6.07) is 2.76. The molecule has 0 N–H and O–H groups in total. The van der Waals surface area contributed by atoms with Gasteiger partial charge in [-0.1, -0.05) is 19.3 Å². The molecule has 1 aliphatic carbocycles. The predicted molar refractivity (Wildman–Crippen MR) is 85.9 cm³/mol. The summed E-state index contributed by atoms with van der Waals surface area (Å²) in [4.78, 5) is 11.2. The summed E-state index contributed by atoms with van der Waals surface area (Å²) in [5.41, 5.74) is 0.106. The molecule has 6 nitrogen and oxygen atoms in total. The quantitative estimate of drug-likeness (QED) is 0.560. The van der Waals surface area contributed by atoms with E-state index < -0.39 is 10.1 Å². The van der Waals surface area contributed by atoms with E-state index in [9.17, 15) is 13.2 Å². The Labute approximate surface area is 136 Å². The molecule has 0 aromatic heterocycles. The van der Waals surface area contributed by atoms with E-state index in [4.69, 9.17) is 13.7 Å². The van der Waals surface area contributed by atoms with Gasteiger partial charge in [0.15, 0.2) is 23.5 Å². The van der Waals surface area contributed by atoms with Gasteiger partial charge in [0, 0.05) is 6.07 Å². The Balaban J connectivity index is 2.21. The molecule has 1 aromatic carbocycles. The Morgan fingerprint density at radius 2 is 1.65 bits per heavy atom. The van der Waals surface area contributed by atoms with Crippen molar-refractivity contribution in [3.8, 4) is 17.2 Å². The van der Waals surface area contributed by atoms with Gasteiger partial charge in [0.05, 0.1) is 25.5 Å². The highest BCUT2D eigenvalue weighted by Gasteiger charge is 2.24. The number of aldehydes is 1. The first-order valence-corrected chi connectivity index (χ1v) is 9.20. The van der Waals surface area contributed by atoms with E-state index in [-0.39, 0.29) is 23.0 Å². The predicted octanol–water partition coefficient (Wildman–Crippen LogP) is 2.81. The highest BCUT2D eigenvalue weighted by molar-refractivity contribution is 7.87. The second-order valence-corrected chi connectivity index (χ2v) is 7.29. The van der Waals surface area contributed by atoms with Crippen molar-refractivity contribution in [3.05, 3.63) is 17.7 Å². The molecule has 0 atom stereocenters. The summed E-state index contributed by atoms with van der Waals surface area (Å²) in [7, 11) is -0.900. The summed E-state index contributed by atoms with van der Waals surface area (Å²) < 4.78 is 40.0. The van der Waals surface area contributed by atoms with Crippen LogP contribution in [-0.4, -0.2) is 34.7 Å². The lowest BCUT2D eigenvalue weighted by Crippen LogP contribution is -2.23. The van der Waals surface area contributed by atoms with E-state index in [0.29, 0.717) is 17.8 Å². The number of ether oxygens (including phenoxy) is 2. The van der Waals surface area contributed by atoms with Gasteiger partial charge in [-0.25, -0.2) is 0 Å². The summed E-state index contributed by atoms with van der Waals surface area (Å²) in [5, 5.41) is 0. The third kappa shape index (κ3) is 4.60. The van der Waals surface area contributed by atoms with Gasteiger partial charge in [0.1, 0.15) is 0 Å². The van der Waals surface area contributed by atoms with Crippen LogP contribution in [-0.2, 0) is 10.1 Å². The van der Waals surface area contributed by atoms with Crippen molar-refractivity contribution >= 4 is 16.4 Å². The molecule has 0 unspecified atom stereocenters. The Kier molecular flexibility index (Phi) is 5.87. The lowest BCUT2D eigenvalue weighted by Gasteiger charge is -2.21. The Morgan fingerprint density at radius 3 is 2.22 bits per heavy atom. The number of carbonyl (C=O) groups is 1. The first-order valence-electron chi connectivity index (χ1n) is 7.62. The van der Waals surface area contributed by atoms with Crippen molar-refractivity contribution in [2.75, 3.05) is 20.0 Å². The summed E-state index contributed by atoms with van der Waals surface area (Å²) in [6.45, 7) is 0. The molecule has 2 rings (SSSR count). The summed E-state index contributed by atoms with van der Waals surface area (Å²) in [5.74, 6) is 0.703. The molecule has 0 heterocycles. The fourth-order valence-corrected chi connectivity index (χ4v) is 4.25. The third-order valence-electron chi connectivity index (χ3n) is 4.02. The van der Waals surface area contributed by atoms with Crippen molar-refractivity contribution in [2.24, 2.45) is 5.92 Å². The molecule has 23 heavy (non-hydrogen) atoms. The fourth-order valence-electron chi connectivity index (χ4n) is 2.85. The lowest BCUT2D eigenvalue weighted by atomic mass is 9.91. The van der Waals surface area contributed by atoms with E-state index in [1.807, 2.05) is 0 Å². The first-order chi connectivity index (χ1) is 11.0. The van der Waals surface area contributed by atoms with Crippen LogP contribution in [0.15, 0.2) is 12.1 Å². The maximum atomic E-state index is 12.3. The van der Waals surface area contributed by atoms with E-state index in [1.165, 1.54) is 26.4 Å². The summed E-state index contributed by atoms with van der Waals surface area (Å²) >= 11 is 0. The molecule has 1 saturated carbocycles. The van der Waals surface area contributed by atoms with Crippen LogP contribution in [0.25, 0.3) is 0 Å². The minimum atomic E-state index is -3.77. The third-order valence-corrected chi connectivity index (χ3v) is 5.34. The van der Waals surface area contributed by atoms with Gasteiger partial charge in [-0.05, 0) is 24.8 Å². The van der Waals surface area contributed by atoms with E-state index in [2.05, 4.69) is 0 Å². The highest BCUT2D eigenvalue weighted by atomic mass is 32.2. The molecule has 0 spiro atoms. The number of hydrogen-bond acceptors (Lipinski definition) is 6. The monoisotopic (exact) mass is 342 g/mol. The van der Waals surface area contributed by atoms with Gasteiger partial charge >= 0.3 is 10.1 Å². The van der Waals surface area contributed by atoms with Crippen LogP contribution in [0.1, 0.15) is 42.5 Å². The minimum Gasteiger partial charge on any atom is -0.493 e.